The Morgan fingerprint density at radius 2 is 1.94 bits per heavy atom. The Bertz CT molecular complexity index is 430. The molecule has 0 spiro atoms. The molecule has 1 N–H and O–H groups in total. The van der Waals surface area contributed by atoms with E-state index >= 15 is 0 Å². The van der Waals surface area contributed by atoms with Crippen LogP contribution in [0, 0.1) is 5.92 Å². The number of amides is 1. The first kappa shape index (κ1) is 15.0. The zero-order valence-corrected chi connectivity index (χ0v) is 12.9. The molecule has 0 saturated carbocycles. The molecular formula is C14H20BrNO2. The van der Waals surface area contributed by atoms with E-state index in [9.17, 15) is 9.90 Å². The fourth-order valence-corrected chi connectivity index (χ4v) is 2.11. The van der Waals surface area contributed by atoms with Crippen LogP contribution in [0.1, 0.15) is 38.1 Å². The number of phenols is 1. The maximum Gasteiger partial charge on any atom is 0.257 e. The number of carbonyl (C=O) groups is 1. The molecule has 0 atom stereocenters. The maximum atomic E-state index is 12.4. The lowest BCUT2D eigenvalue weighted by Gasteiger charge is -2.28. The summed E-state index contributed by atoms with van der Waals surface area (Å²) in [4.78, 5) is 14.2. The first-order valence-corrected chi connectivity index (χ1v) is 6.91. The van der Waals surface area contributed by atoms with Gasteiger partial charge in [0.2, 0.25) is 0 Å². The molecule has 0 aliphatic carbocycles. The van der Waals surface area contributed by atoms with Crippen molar-refractivity contribution in [3.63, 3.8) is 0 Å². The minimum absolute atomic E-state index is 0.0174. The number of halogens is 1. The highest BCUT2D eigenvalue weighted by molar-refractivity contribution is 9.10. The summed E-state index contributed by atoms with van der Waals surface area (Å²) >= 11 is 3.27. The molecule has 0 saturated heterocycles. The molecular weight excluding hydrogens is 294 g/mol. The predicted octanol–water partition coefficient (Wildman–Crippen LogP) is 3.66. The van der Waals surface area contributed by atoms with Gasteiger partial charge in [-0.15, -0.1) is 0 Å². The molecule has 0 heterocycles. The molecule has 100 valence electrons. The summed E-state index contributed by atoms with van der Waals surface area (Å²) in [5.74, 6) is 0.293. The van der Waals surface area contributed by atoms with Crippen LogP contribution in [-0.4, -0.2) is 28.5 Å². The number of rotatable bonds is 4. The van der Waals surface area contributed by atoms with Crippen LogP contribution in [0.3, 0.4) is 0 Å². The number of nitrogens with zero attached hydrogens (tertiary/aromatic N) is 1. The first-order valence-electron chi connectivity index (χ1n) is 6.12. The standard InChI is InChI=1S/C14H20BrNO2/c1-9(2)8-16(10(3)4)14(18)12-6-5-11(15)7-13(12)17/h5-7,9-10,17H,8H2,1-4H3. The zero-order valence-electron chi connectivity index (χ0n) is 11.3. The van der Waals surface area contributed by atoms with Gasteiger partial charge in [-0.05, 0) is 38.0 Å². The van der Waals surface area contributed by atoms with Crippen LogP contribution in [0.15, 0.2) is 22.7 Å². The second kappa shape index (κ2) is 6.23. The van der Waals surface area contributed by atoms with Gasteiger partial charge < -0.3 is 10.0 Å². The van der Waals surface area contributed by atoms with Gasteiger partial charge in [0.15, 0.2) is 0 Å². The van der Waals surface area contributed by atoms with Crippen LogP contribution in [0.5, 0.6) is 5.75 Å². The highest BCUT2D eigenvalue weighted by atomic mass is 79.9. The average molecular weight is 314 g/mol. The zero-order chi connectivity index (χ0) is 13.9. The molecule has 1 aromatic rings. The lowest BCUT2D eigenvalue weighted by Crippen LogP contribution is -2.39. The van der Waals surface area contributed by atoms with Gasteiger partial charge in [-0.25, -0.2) is 0 Å². The molecule has 0 aliphatic heterocycles. The minimum atomic E-state index is -0.122. The molecule has 3 nitrogen and oxygen atoms in total. The van der Waals surface area contributed by atoms with Crippen LogP contribution in [0.2, 0.25) is 0 Å². The van der Waals surface area contributed by atoms with Gasteiger partial charge in [0.1, 0.15) is 5.75 Å². The van der Waals surface area contributed by atoms with Gasteiger partial charge in [0.05, 0.1) is 5.56 Å². The Balaban J connectivity index is 3.02. The van der Waals surface area contributed by atoms with E-state index in [1.54, 1.807) is 23.1 Å². The summed E-state index contributed by atoms with van der Waals surface area (Å²) < 4.78 is 0.761. The fraction of sp³-hybridized carbons (Fsp3) is 0.500. The number of hydrogen-bond acceptors (Lipinski definition) is 2. The van der Waals surface area contributed by atoms with E-state index in [1.807, 2.05) is 13.8 Å². The summed E-state index contributed by atoms with van der Waals surface area (Å²) in [6, 6.07) is 5.07. The van der Waals surface area contributed by atoms with E-state index in [0.29, 0.717) is 18.0 Å². The van der Waals surface area contributed by atoms with Gasteiger partial charge in [0.25, 0.3) is 5.91 Å². The number of benzene rings is 1. The number of carbonyl (C=O) groups excluding carboxylic acids is 1. The topological polar surface area (TPSA) is 40.5 Å². The predicted molar refractivity (Wildman–Crippen MR) is 76.8 cm³/mol. The summed E-state index contributed by atoms with van der Waals surface area (Å²) in [7, 11) is 0. The monoisotopic (exact) mass is 313 g/mol. The van der Waals surface area contributed by atoms with Crippen molar-refractivity contribution < 1.29 is 9.90 Å². The van der Waals surface area contributed by atoms with Crippen molar-refractivity contribution in [2.45, 2.75) is 33.7 Å². The van der Waals surface area contributed by atoms with Crippen LogP contribution < -0.4 is 0 Å². The van der Waals surface area contributed by atoms with Gasteiger partial charge in [-0.1, -0.05) is 29.8 Å². The third kappa shape index (κ3) is 3.73. The van der Waals surface area contributed by atoms with Crippen LogP contribution in [0.4, 0.5) is 0 Å². The van der Waals surface area contributed by atoms with Crippen molar-refractivity contribution in [3.8, 4) is 5.75 Å². The van der Waals surface area contributed by atoms with E-state index in [1.165, 1.54) is 0 Å². The van der Waals surface area contributed by atoms with Crippen molar-refractivity contribution in [2.75, 3.05) is 6.54 Å². The third-order valence-electron chi connectivity index (χ3n) is 2.64. The molecule has 0 bridgehead atoms. The molecule has 18 heavy (non-hydrogen) atoms. The summed E-state index contributed by atoms with van der Waals surface area (Å²) in [5.41, 5.74) is 0.354. The van der Waals surface area contributed by atoms with Gasteiger partial charge >= 0.3 is 0 Å². The second-order valence-electron chi connectivity index (χ2n) is 5.11. The summed E-state index contributed by atoms with van der Waals surface area (Å²) in [5, 5.41) is 9.85. The van der Waals surface area contributed by atoms with Crippen LogP contribution in [0.25, 0.3) is 0 Å². The van der Waals surface area contributed by atoms with Crippen molar-refractivity contribution in [1.82, 2.24) is 4.90 Å². The molecule has 0 unspecified atom stereocenters. The smallest absolute Gasteiger partial charge is 0.257 e. The van der Waals surface area contributed by atoms with Gasteiger partial charge in [-0.2, -0.15) is 0 Å². The molecule has 1 aromatic carbocycles. The van der Waals surface area contributed by atoms with Crippen LogP contribution >= 0.6 is 15.9 Å². The van der Waals surface area contributed by atoms with E-state index in [0.717, 1.165) is 4.47 Å². The maximum absolute atomic E-state index is 12.4. The number of hydrogen-bond donors (Lipinski definition) is 1. The Morgan fingerprint density at radius 1 is 1.33 bits per heavy atom. The SMILES string of the molecule is CC(C)CN(C(=O)c1ccc(Br)cc1O)C(C)C. The fourth-order valence-electron chi connectivity index (χ4n) is 1.76. The highest BCUT2D eigenvalue weighted by Crippen LogP contribution is 2.24. The van der Waals surface area contributed by atoms with Crippen LogP contribution in [-0.2, 0) is 0 Å². The first-order chi connectivity index (χ1) is 8.32. The Morgan fingerprint density at radius 3 is 2.39 bits per heavy atom. The van der Waals surface area contributed by atoms with Crippen molar-refractivity contribution in [2.24, 2.45) is 5.92 Å². The quantitative estimate of drug-likeness (QED) is 0.921. The van der Waals surface area contributed by atoms with Crippen molar-refractivity contribution in [3.05, 3.63) is 28.2 Å². The van der Waals surface area contributed by atoms with E-state index in [4.69, 9.17) is 0 Å². The lowest BCUT2D eigenvalue weighted by molar-refractivity contribution is 0.0679. The average Bonchev–Trinajstić information content (AvgIpc) is 2.24. The van der Waals surface area contributed by atoms with E-state index < -0.39 is 0 Å². The van der Waals surface area contributed by atoms with Gasteiger partial charge in [0, 0.05) is 17.1 Å². The third-order valence-corrected chi connectivity index (χ3v) is 3.13. The van der Waals surface area contributed by atoms with E-state index in [-0.39, 0.29) is 17.7 Å². The Hall–Kier alpha value is -1.03. The molecule has 0 aliphatic rings. The molecule has 0 aromatic heterocycles. The van der Waals surface area contributed by atoms with E-state index in [2.05, 4.69) is 29.8 Å². The molecule has 0 radical (unpaired) electrons. The molecule has 1 rings (SSSR count). The summed E-state index contributed by atoms with van der Waals surface area (Å²) in [6.45, 7) is 8.80. The molecule has 0 fully saturated rings. The lowest BCUT2D eigenvalue weighted by atomic mass is 10.1. The molecule has 4 heteroatoms. The summed E-state index contributed by atoms with van der Waals surface area (Å²) in [6.07, 6.45) is 0. The van der Waals surface area contributed by atoms with Crippen molar-refractivity contribution in [1.29, 1.82) is 0 Å². The van der Waals surface area contributed by atoms with Gasteiger partial charge in [-0.3, -0.25) is 4.79 Å². The highest BCUT2D eigenvalue weighted by Gasteiger charge is 2.22. The minimum Gasteiger partial charge on any atom is -0.507 e. The van der Waals surface area contributed by atoms with Crippen molar-refractivity contribution >= 4 is 21.8 Å². The molecule has 1 amide bonds. The Kier molecular flexibility index (Phi) is 5.20. The largest absolute Gasteiger partial charge is 0.507 e. The number of phenolic OH excluding ortho intramolecular Hbond substituents is 1. The second-order valence-corrected chi connectivity index (χ2v) is 6.02. The Labute approximate surface area is 117 Å². The number of aromatic hydroxyl groups is 1. The normalized spacial score (nSPS) is 11.1.